The van der Waals surface area contributed by atoms with Crippen LogP contribution in [0.3, 0.4) is 0 Å². The van der Waals surface area contributed by atoms with E-state index in [0.717, 1.165) is 32.1 Å². The molecule has 1 aliphatic rings. The van der Waals surface area contributed by atoms with E-state index in [2.05, 4.69) is 15.3 Å². The van der Waals surface area contributed by atoms with Crippen molar-refractivity contribution in [2.24, 2.45) is 5.92 Å². The van der Waals surface area contributed by atoms with Crippen molar-refractivity contribution in [2.45, 2.75) is 39.2 Å². The van der Waals surface area contributed by atoms with Gasteiger partial charge in [-0.05, 0) is 39.0 Å². The van der Waals surface area contributed by atoms with Gasteiger partial charge >= 0.3 is 0 Å². The molecule has 0 saturated heterocycles. The molecule has 0 atom stereocenters. The lowest BCUT2D eigenvalue weighted by atomic mass is 10.4. The van der Waals surface area contributed by atoms with E-state index in [4.69, 9.17) is 9.47 Å². The molecule has 0 amide bonds. The number of ether oxygens (including phenoxy) is 2. The van der Waals surface area contributed by atoms with Gasteiger partial charge in [-0.3, -0.25) is 0 Å². The van der Waals surface area contributed by atoms with E-state index in [1.807, 2.05) is 13.8 Å². The predicted octanol–water partition coefficient (Wildman–Crippen LogP) is 2.49. The lowest BCUT2D eigenvalue weighted by Gasteiger charge is -2.10. The minimum absolute atomic E-state index is 0.124. The Labute approximate surface area is 114 Å². The SMILES string of the molecule is CC(C)Oc1ccnc(NCCCOCC2CC2)n1. The van der Waals surface area contributed by atoms with Gasteiger partial charge in [-0.2, -0.15) is 4.98 Å². The summed E-state index contributed by atoms with van der Waals surface area (Å²) in [4.78, 5) is 8.44. The van der Waals surface area contributed by atoms with Crippen LogP contribution in [0.15, 0.2) is 12.3 Å². The minimum Gasteiger partial charge on any atom is -0.475 e. The molecule has 1 fully saturated rings. The Kier molecular flexibility index (Phi) is 5.39. The highest BCUT2D eigenvalue weighted by atomic mass is 16.5. The topological polar surface area (TPSA) is 56.3 Å². The fourth-order valence-corrected chi connectivity index (χ4v) is 1.64. The van der Waals surface area contributed by atoms with Crippen molar-refractivity contribution in [3.63, 3.8) is 0 Å². The summed E-state index contributed by atoms with van der Waals surface area (Å²) in [5.74, 6) is 2.05. The summed E-state index contributed by atoms with van der Waals surface area (Å²) in [5.41, 5.74) is 0. The van der Waals surface area contributed by atoms with Crippen molar-refractivity contribution in [3.8, 4) is 5.88 Å². The average Bonchev–Trinajstić information content (AvgIpc) is 3.17. The van der Waals surface area contributed by atoms with E-state index in [1.165, 1.54) is 12.8 Å². The van der Waals surface area contributed by atoms with Crippen LogP contribution in [0.25, 0.3) is 0 Å². The third-order valence-corrected chi connectivity index (χ3v) is 2.79. The normalized spacial score (nSPS) is 14.7. The van der Waals surface area contributed by atoms with Crippen LogP contribution >= 0.6 is 0 Å². The van der Waals surface area contributed by atoms with E-state index in [0.29, 0.717) is 11.8 Å². The molecule has 0 aliphatic heterocycles. The molecule has 19 heavy (non-hydrogen) atoms. The molecule has 2 rings (SSSR count). The van der Waals surface area contributed by atoms with E-state index >= 15 is 0 Å². The average molecular weight is 265 g/mol. The molecule has 1 aromatic heterocycles. The second-order valence-corrected chi connectivity index (χ2v) is 5.18. The smallest absolute Gasteiger partial charge is 0.225 e. The van der Waals surface area contributed by atoms with E-state index in [1.54, 1.807) is 12.3 Å². The van der Waals surface area contributed by atoms with Crippen LogP contribution in [0.1, 0.15) is 33.1 Å². The van der Waals surface area contributed by atoms with Crippen LogP contribution in [-0.2, 0) is 4.74 Å². The van der Waals surface area contributed by atoms with Gasteiger partial charge in [-0.1, -0.05) is 0 Å². The number of aromatic nitrogens is 2. The minimum atomic E-state index is 0.124. The van der Waals surface area contributed by atoms with Crippen molar-refractivity contribution in [1.29, 1.82) is 0 Å². The van der Waals surface area contributed by atoms with Gasteiger partial charge in [0, 0.05) is 32.0 Å². The van der Waals surface area contributed by atoms with Gasteiger partial charge in [0.2, 0.25) is 11.8 Å². The Morgan fingerprint density at radius 2 is 2.26 bits per heavy atom. The standard InChI is InChI=1S/C14H23N3O2/c1-11(2)19-13-6-8-16-14(17-13)15-7-3-9-18-10-12-4-5-12/h6,8,11-12H,3-5,7,9-10H2,1-2H3,(H,15,16,17). The molecular weight excluding hydrogens is 242 g/mol. The molecule has 106 valence electrons. The van der Waals surface area contributed by atoms with Crippen molar-refractivity contribution in [3.05, 3.63) is 12.3 Å². The number of nitrogens with zero attached hydrogens (tertiary/aromatic N) is 2. The zero-order valence-electron chi connectivity index (χ0n) is 11.8. The maximum absolute atomic E-state index is 5.57. The second-order valence-electron chi connectivity index (χ2n) is 5.18. The van der Waals surface area contributed by atoms with Crippen LogP contribution in [0.4, 0.5) is 5.95 Å². The van der Waals surface area contributed by atoms with Crippen LogP contribution in [0.2, 0.25) is 0 Å². The summed E-state index contributed by atoms with van der Waals surface area (Å²) in [6.07, 6.45) is 5.48. The molecule has 1 heterocycles. The first-order valence-electron chi connectivity index (χ1n) is 7.05. The largest absolute Gasteiger partial charge is 0.475 e. The molecule has 0 bridgehead atoms. The lowest BCUT2D eigenvalue weighted by molar-refractivity contribution is 0.124. The summed E-state index contributed by atoms with van der Waals surface area (Å²) in [6, 6.07) is 1.77. The highest BCUT2D eigenvalue weighted by Gasteiger charge is 2.20. The molecule has 0 radical (unpaired) electrons. The van der Waals surface area contributed by atoms with Crippen LogP contribution in [-0.4, -0.2) is 35.8 Å². The first-order chi connectivity index (χ1) is 9.24. The summed E-state index contributed by atoms with van der Waals surface area (Å²) < 4.78 is 11.1. The Bertz CT molecular complexity index is 381. The molecule has 0 aromatic carbocycles. The number of rotatable bonds is 9. The van der Waals surface area contributed by atoms with E-state index in [9.17, 15) is 0 Å². The van der Waals surface area contributed by atoms with Gasteiger partial charge in [-0.15, -0.1) is 0 Å². The molecule has 5 heteroatoms. The van der Waals surface area contributed by atoms with Crippen molar-refractivity contribution in [2.75, 3.05) is 25.1 Å². The van der Waals surface area contributed by atoms with Gasteiger partial charge < -0.3 is 14.8 Å². The second kappa shape index (κ2) is 7.28. The maximum Gasteiger partial charge on any atom is 0.225 e. The van der Waals surface area contributed by atoms with Crippen molar-refractivity contribution < 1.29 is 9.47 Å². The first kappa shape index (κ1) is 14.1. The first-order valence-corrected chi connectivity index (χ1v) is 7.05. The number of nitrogens with one attached hydrogen (secondary N) is 1. The Balaban J connectivity index is 1.61. The van der Waals surface area contributed by atoms with E-state index < -0.39 is 0 Å². The van der Waals surface area contributed by atoms with Gasteiger partial charge in [0.1, 0.15) is 0 Å². The van der Waals surface area contributed by atoms with Gasteiger partial charge in [0.25, 0.3) is 0 Å². The number of hydrogen-bond acceptors (Lipinski definition) is 5. The molecule has 1 aromatic rings. The Morgan fingerprint density at radius 3 is 3.00 bits per heavy atom. The molecule has 1 N–H and O–H groups in total. The summed E-state index contributed by atoms with van der Waals surface area (Å²) in [7, 11) is 0. The summed E-state index contributed by atoms with van der Waals surface area (Å²) >= 11 is 0. The Morgan fingerprint density at radius 1 is 1.42 bits per heavy atom. The molecule has 1 aliphatic carbocycles. The fraction of sp³-hybridized carbons (Fsp3) is 0.714. The van der Waals surface area contributed by atoms with Gasteiger partial charge in [0.05, 0.1) is 6.10 Å². The van der Waals surface area contributed by atoms with E-state index in [-0.39, 0.29) is 6.10 Å². The van der Waals surface area contributed by atoms with Crippen LogP contribution < -0.4 is 10.1 Å². The van der Waals surface area contributed by atoms with Gasteiger partial charge in [0.15, 0.2) is 0 Å². The highest BCUT2D eigenvalue weighted by Crippen LogP contribution is 2.28. The fourth-order valence-electron chi connectivity index (χ4n) is 1.64. The number of hydrogen-bond donors (Lipinski definition) is 1. The third kappa shape index (κ3) is 5.87. The van der Waals surface area contributed by atoms with Crippen LogP contribution in [0, 0.1) is 5.92 Å². The highest BCUT2D eigenvalue weighted by molar-refractivity contribution is 5.27. The molecule has 1 saturated carbocycles. The number of anilines is 1. The maximum atomic E-state index is 5.57. The summed E-state index contributed by atoms with van der Waals surface area (Å²) in [5, 5.41) is 3.18. The lowest BCUT2D eigenvalue weighted by Crippen LogP contribution is -2.11. The third-order valence-electron chi connectivity index (χ3n) is 2.79. The van der Waals surface area contributed by atoms with Crippen molar-refractivity contribution in [1.82, 2.24) is 9.97 Å². The monoisotopic (exact) mass is 265 g/mol. The van der Waals surface area contributed by atoms with Crippen molar-refractivity contribution >= 4 is 5.95 Å². The molecule has 5 nitrogen and oxygen atoms in total. The van der Waals surface area contributed by atoms with Crippen LogP contribution in [0.5, 0.6) is 5.88 Å². The summed E-state index contributed by atoms with van der Waals surface area (Å²) in [6.45, 7) is 6.49. The molecule has 0 unspecified atom stereocenters. The predicted molar refractivity (Wildman–Crippen MR) is 74.4 cm³/mol. The molecule has 0 spiro atoms. The molecular formula is C14H23N3O2. The quantitative estimate of drug-likeness (QED) is 0.695. The zero-order valence-corrected chi connectivity index (χ0v) is 11.8. The van der Waals surface area contributed by atoms with Gasteiger partial charge in [-0.25, -0.2) is 4.98 Å². The zero-order chi connectivity index (χ0) is 13.5. The Hall–Kier alpha value is -1.36.